The van der Waals surface area contributed by atoms with Gasteiger partial charge in [0.1, 0.15) is 0 Å². The second kappa shape index (κ2) is 5.89. The van der Waals surface area contributed by atoms with Crippen LogP contribution in [0.5, 0.6) is 0 Å². The number of esters is 1. The molecule has 18 heavy (non-hydrogen) atoms. The van der Waals surface area contributed by atoms with Crippen LogP contribution in [0.4, 0.5) is 4.79 Å². The van der Waals surface area contributed by atoms with Crippen LogP contribution >= 0.6 is 0 Å². The number of hydrogen-bond acceptors (Lipinski definition) is 3. The van der Waals surface area contributed by atoms with Crippen molar-refractivity contribution in [3.05, 3.63) is 18.7 Å². The van der Waals surface area contributed by atoms with Gasteiger partial charge in [0, 0.05) is 18.7 Å². The Labute approximate surface area is 108 Å². The number of hydrogen-bond donors (Lipinski definition) is 1. The molecule has 1 radical (unpaired) electrons. The molecule has 101 valence electrons. The maximum atomic E-state index is 11.4. The molecule has 0 aromatic carbocycles. The van der Waals surface area contributed by atoms with Gasteiger partial charge in [0.25, 0.3) is 0 Å². The molecule has 0 spiro atoms. The van der Waals surface area contributed by atoms with Gasteiger partial charge < -0.3 is 15.0 Å². The van der Waals surface area contributed by atoms with E-state index in [1.807, 2.05) is 20.4 Å². The second-order valence-corrected chi connectivity index (χ2v) is 5.21. The number of nitrogens with one attached hydrogen (secondary N) is 1. The van der Waals surface area contributed by atoms with Crippen molar-refractivity contribution in [1.29, 1.82) is 0 Å². The molecular weight excluding hydrogens is 232 g/mol. The molecular formula is C13H21N2O3. The van der Waals surface area contributed by atoms with Crippen LogP contribution in [-0.4, -0.2) is 36.6 Å². The van der Waals surface area contributed by atoms with Crippen LogP contribution in [0.1, 0.15) is 27.2 Å². The lowest BCUT2D eigenvalue weighted by atomic mass is 9.89. The summed E-state index contributed by atoms with van der Waals surface area (Å²) in [5.74, 6) is -0.371. The monoisotopic (exact) mass is 253 g/mol. The molecule has 1 saturated heterocycles. The normalized spacial score (nSPS) is 15.5. The summed E-state index contributed by atoms with van der Waals surface area (Å²) in [4.78, 5) is 24.3. The second-order valence-electron chi connectivity index (χ2n) is 5.21. The predicted molar refractivity (Wildman–Crippen MR) is 68.6 cm³/mol. The molecule has 0 aromatic rings. The van der Waals surface area contributed by atoms with Crippen molar-refractivity contribution in [3.8, 4) is 0 Å². The van der Waals surface area contributed by atoms with Crippen LogP contribution < -0.4 is 5.32 Å². The largest absolute Gasteiger partial charge is 0.462 e. The molecule has 1 fully saturated rings. The van der Waals surface area contributed by atoms with E-state index < -0.39 is 0 Å². The molecule has 1 rings (SSSR count). The van der Waals surface area contributed by atoms with E-state index in [0.29, 0.717) is 31.7 Å². The molecule has 0 unspecified atom stereocenters. The molecule has 0 aromatic heterocycles. The average Bonchev–Trinajstić information content (AvgIpc) is 2.63. The van der Waals surface area contributed by atoms with E-state index in [4.69, 9.17) is 4.74 Å². The molecule has 1 heterocycles. The molecule has 1 aliphatic rings. The smallest absolute Gasteiger partial charge is 0.333 e. The van der Waals surface area contributed by atoms with E-state index in [1.165, 1.54) is 0 Å². The third-order valence-electron chi connectivity index (χ3n) is 2.72. The van der Waals surface area contributed by atoms with Crippen LogP contribution in [0.15, 0.2) is 12.2 Å². The van der Waals surface area contributed by atoms with E-state index in [-0.39, 0.29) is 17.4 Å². The Morgan fingerprint density at radius 3 is 2.78 bits per heavy atom. The van der Waals surface area contributed by atoms with Gasteiger partial charge in [0.2, 0.25) is 0 Å². The minimum absolute atomic E-state index is 0.0676. The quantitative estimate of drug-likeness (QED) is 0.579. The first-order chi connectivity index (χ1) is 8.32. The number of carbonyl (C=O) groups is 2. The third kappa shape index (κ3) is 4.39. The number of carbonyl (C=O) groups excluding carboxylic acids is 2. The van der Waals surface area contributed by atoms with E-state index in [2.05, 4.69) is 11.9 Å². The lowest BCUT2D eigenvalue weighted by molar-refractivity contribution is -0.139. The Hall–Kier alpha value is -1.52. The number of urea groups is 1. The van der Waals surface area contributed by atoms with Crippen molar-refractivity contribution in [2.24, 2.45) is 5.41 Å². The number of rotatable bonds is 6. The van der Waals surface area contributed by atoms with Crippen molar-refractivity contribution >= 4 is 12.0 Å². The topological polar surface area (TPSA) is 58.6 Å². The van der Waals surface area contributed by atoms with Crippen molar-refractivity contribution in [3.63, 3.8) is 0 Å². The molecule has 5 nitrogen and oxygen atoms in total. The molecule has 1 aliphatic heterocycles. The summed E-state index contributed by atoms with van der Waals surface area (Å²) in [6.45, 7) is 12.7. The summed E-state index contributed by atoms with van der Waals surface area (Å²) in [5.41, 5.74) is 0.201. The summed E-state index contributed by atoms with van der Waals surface area (Å²) in [6.07, 6.45) is 0.662. The Bertz CT molecular complexity index is 350. The minimum Gasteiger partial charge on any atom is -0.462 e. The van der Waals surface area contributed by atoms with Crippen LogP contribution in [0, 0.1) is 12.0 Å². The Morgan fingerprint density at radius 1 is 1.61 bits per heavy atom. The van der Waals surface area contributed by atoms with E-state index in [9.17, 15) is 9.59 Å². The van der Waals surface area contributed by atoms with Gasteiger partial charge in [-0.1, -0.05) is 20.4 Å². The van der Waals surface area contributed by atoms with E-state index >= 15 is 0 Å². The molecule has 1 N–H and O–H groups in total. The highest BCUT2D eigenvalue weighted by molar-refractivity contribution is 5.86. The Balaban J connectivity index is 2.33. The summed E-state index contributed by atoms with van der Waals surface area (Å²) in [5, 5.41) is 2.74. The van der Waals surface area contributed by atoms with Gasteiger partial charge in [0.05, 0.1) is 13.2 Å². The van der Waals surface area contributed by atoms with Crippen LogP contribution in [-0.2, 0) is 9.53 Å². The van der Waals surface area contributed by atoms with Crippen LogP contribution in [0.3, 0.4) is 0 Å². The highest BCUT2D eigenvalue weighted by atomic mass is 16.5. The van der Waals surface area contributed by atoms with Gasteiger partial charge in [-0.05, 0) is 18.8 Å². The van der Waals surface area contributed by atoms with E-state index in [1.54, 1.807) is 11.8 Å². The number of amides is 2. The maximum Gasteiger partial charge on any atom is 0.333 e. The molecule has 0 saturated carbocycles. The van der Waals surface area contributed by atoms with Gasteiger partial charge in [-0.15, -0.1) is 0 Å². The first kappa shape index (κ1) is 14.5. The SMILES string of the molecule is C=C(C)C(=O)OCCC(C)(C)[CH]N1CCNC1=O. The molecule has 2 amide bonds. The Kier molecular flexibility index (Phi) is 4.76. The molecule has 0 aliphatic carbocycles. The maximum absolute atomic E-state index is 11.4. The van der Waals surface area contributed by atoms with Crippen molar-refractivity contribution in [2.45, 2.75) is 27.2 Å². The Morgan fingerprint density at radius 2 is 2.28 bits per heavy atom. The summed E-state index contributed by atoms with van der Waals surface area (Å²) < 4.78 is 5.05. The lowest BCUT2D eigenvalue weighted by Gasteiger charge is -2.28. The fourth-order valence-corrected chi connectivity index (χ4v) is 1.63. The van der Waals surface area contributed by atoms with Crippen LogP contribution in [0.2, 0.25) is 0 Å². The van der Waals surface area contributed by atoms with Gasteiger partial charge in [-0.25, -0.2) is 9.59 Å². The van der Waals surface area contributed by atoms with Gasteiger partial charge in [-0.3, -0.25) is 0 Å². The fourth-order valence-electron chi connectivity index (χ4n) is 1.63. The molecule has 0 atom stereocenters. The zero-order chi connectivity index (χ0) is 13.8. The van der Waals surface area contributed by atoms with Crippen LogP contribution in [0.25, 0.3) is 0 Å². The fraction of sp³-hybridized carbons (Fsp3) is 0.615. The summed E-state index contributed by atoms with van der Waals surface area (Å²) in [6, 6.07) is -0.0676. The van der Waals surface area contributed by atoms with Crippen molar-refractivity contribution < 1.29 is 14.3 Å². The van der Waals surface area contributed by atoms with Gasteiger partial charge in [-0.2, -0.15) is 0 Å². The van der Waals surface area contributed by atoms with Crippen molar-refractivity contribution in [1.82, 2.24) is 10.2 Å². The minimum atomic E-state index is -0.371. The summed E-state index contributed by atoms with van der Waals surface area (Å²) in [7, 11) is 0. The van der Waals surface area contributed by atoms with Gasteiger partial charge in [0.15, 0.2) is 0 Å². The zero-order valence-corrected chi connectivity index (χ0v) is 11.3. The van der Waals surface area contributed by atoms with Crippen molar-refractivity contribution in [2.75, 3.05) is 19.7 Å². The zero-order valence-electron chi connectivity index (χ0n) is 11.3. The first-order valence-electron chi connectivity index (χ1n) is 6.05. The lowest BCUT2D eigenvalue weighted by Crippen LogP contribution is -2.32. The molecule has 5 heteroatoms. The predicted octanol–water partition coefficient (Wildman–Crippen LogP) is 1.71. The average molecular weight is 253 g/mol. The first-order valence-corrected chi connectivity index (χ1v) is 6.05. The highest BCUT2D eigenvalue weighted by Crippen LogP contribution is 2.26. The van der Waals surface area contributed by atoms with Gasteiger partial charge >= 0.3 is 12.0 Å². The summed E-state index contributed by atoms with van der Waals surface area (Å²) >= 11 is 0. The number of ether oxygens (including phenoxy) is 1. The molecule has 0 bridgehead atoms. The highest BCUT2D eigenvalue weighted by Gasteiger charge is 2.28. The number of nitrogens with zero attached hydrogens (tertiary/aromatic N) is 1. The standard InChI is InChI=1S/C13H21N2O3/c1-10(2)11(16)18-8-5-13(3,4)9-15-7-6-14-12(15)17/h9H,1,5-8H2,2-4H3,(H,14,17). The third-order valence-corrected chi connectivity index (χ3v) is 2.72. The van der Waals surface area contributed by atoms with E-state index in [0.717, 1.165) is 0 Å².